The van der Waals surface area contributed by atoms with Crippen LogP contribution in [0.25, 0.3) is 0 Å². The maximum atomic E-state index is 11.2. The third-order valence-corrected chi connectivity index (χ3v) is 2.14. The second-order valence-electron chi connectivity index (χ2n) is 3.05. The zero-order chi connectivity index (χ0) is 9.97. The lowest BCUT2D eigenvalue weighted by Gasteiger charge is -2.27. The second-order valence-corrected chi connectivity index (χ2v) is 3.05. The first kappa shape index (κ1) is 8.87. The summed E-state index contributed by atoms with van der Waals surface area (Å²) in [5, 5.41) is 0. The van der Waals surface area contributed by atoms with Crippen LogP contribution in [0.4, 0.5) is 4.79 Å². The predicted molar refractivity (Wildman–Crippen MR) is 49.9 cm³/mol. The number of ether oxygens (including phenoxy) is 2. The number of para-hydroxylation sites is 1. The molecular weight excluding hydrogens is 182 g/mol. The van der Waals surface area contributed by atoms with E-state index in [-0.39, 0.29) is 12.8 Å². The lowest BCUT2D eigenvalue weighted by molar-refractivity contribution is 0.0683. The first-order chi connectivity index (χ1) is 6.81. The molecule has 0 aromatic heterocycles. The molecule has 1 aromatic carbocycles. The summed E-state index contributed by atoms with van der Waals surface area (Å²) in [5.74, 6) is 0.840. The summed E-state index contributed by atoms with van der Waals surface area (Å²) >= 11 is 0. The molecular formula is C10H11NO3. The van der Waals surface area contributed by atoms with Gasteiger partial charge in [-0.2, -0.15) is 0 Å². The Morgan fingerprint density at radius 2 is 2.29 bits per heavy atom. The van der Waals surface area contributed by atoms with Crippen LogP contribution in [0.3, 0.4) is 0 Å². The number of methoxy groups -OCH3 is 1. The Morgan fingerprint density at radius 1 is 1.50 bits per heavy atom. The van der Waals surface area contributed by atoms with Gasteiger partial charge in [0.15, 0.2) is 6.73 Å². The number of carbonyl (C=O) groups excluding carboxylic acids is 1. The number of hydrogen-bond acceptors (Lipinski definition) is 3. The fourth-order valence-corrected chi connectivity index (χ4v) is 1.42. The van der Waals surface area contributed by atoms with E-state index >= 15 is 0 Å². The lowest BCUT2D eigenvalue weighted by Crippen LogP contribution is -2.36. The van der Waals surface area contributed by atoms with Gasteiger partial charge in [0.2, 0.25) is 0 Å². The Morgan fingerprint density at radius 3 is 3.07 bits per heavy atom. The predicted octanol–water partition coefficient (Wildman–Crippen LogP) is 1.60. The molecule has 0 radical (unpaired) electrons. The van der Waals surface area contributed by atoms with E-state index in [0.29, 0.717) is 6.54 Å². The summed E-state index contributed by atoms with van der Waals surface area (Å²) in [7, 11) is 1.36. The molecule has 1 aliphatic rings. The average molecular weight is 193 g/mol. The zero-order valence-corrected chi connectivity index (χ0v) is 7.90. The number of nitrogens with zero attached hydrogens (tertiary/aromatic N) is 1. The van der Waals surface area contributed by atoms with Gasteiger partial charge in [0.25, 0.3) is 0 Å². The Kier molecular flexibility index (Phi) is 2.26. The molecule has 1 aliphatic heterocycles. The van der Waals surface area contributed by atoms with Crippen LogP contribution in [0.1, 0.15) is 5.56 Å². The summed E-state index contributed by atoms with van der Waals surface area (Å²) in [5.41, 5.74) is 1.00. The van der Waals surface area contributed by atoms with Crippen molar-refractivity contribution in [2.24, 2.45) is 0 Å². The average Bonchev–Trinajstić information content (AvgIpc) is 2.27. The maximum Gasteiger partial charge on any atom is 0.412 e. The minimum Gasteiger partial charge on any atom is -0.473 e. The summed E-state index contributed by atoms with van der Waals surface area (Å²) in [6, 6.07) is 7.66. The number of amides is 1. The fraction of sp³-hybridized carbons (Fsp3) is 0.300. The third kappa shape index (κ3) is 1.51. The maximum absolute atomic E-state index is 11.2. The molecule has 0 spiro atoms. The van der Waals surface area contributed by atoms with Gasteiger partial charge in [-0.15, -0.1) is 0 Å². The van der Waals surface area contributed by atoms with Crippen molar-refractivity contribution in [1.82, 2.24) is 4.90 Å². The highest BCUT2D eigenvalue weighted by atomic mass is 16.6. The molecule has 0 saturated carbocycles. The zero-order valence-electron chi connectivity index (χ0n) is 7.90. The highest BCUT2D eigenvalue weighted by Crippen LogP contribution is 2.24. The topological polar surface area (TPSA) is 38.8 Å². The number of benzene rings is 1. The first-order valence-corrected chi connectivity index (χ1v) is 4.35. The van der Waals surface area contributed by atoms with Crippen molar-refractivity contribution in [1.29, 1.82) is 0 Å². The van der Waals surface area contributed by atoms with Gasteiger partial charge in [0.05, 0.1) is 13.7 Å². The van der Waals surface area contributed by atoms with Crippen molar-refractivity contribution < 1.29 is 14.3 Å². The molecule has 0 unspecified atom stereocenters. The molecule has 2 rings (SSSR count). The normalized spacial score (nSPS) is 14.2. The van der Waals surface area contributed by atoms with Crippen LogP contribution in [0.15, 0.2) is 24.3 Å². The van der Waals surface area contributed by atoms with E-state index in [1.807, 2.05) is 24.3 Å². The number of hydrogen-bond donors (Lipinski definition) is 0. The van der Waals surface area contributed by atoms with Crippen molar-refractivity contribution >= 4 is 6.09 Å². The van der Waals surface area contributed by atoms with E-state index in [0.717, 1.165) is 11.3 Å². The van der Waals surface area contributed by atoms with Crippen molar-refractivity contribution in [2.45, 2.75) is 6.54 Å². The number of rotatable bonds is 0. The molecule has 0 fully saturated rings. The minimum atomic E-state index is -0.362. The van der Waals surface area contributed by atoms with E-state index in [1.165, 1.54) is 12.0 Å². The van der Waals surface area contributed by atoms with Crippen LogP contribution in [0, 0.1) is 0 Å². The van der Waals surface area contributed by atoms with Gasteiger partial charge in [-0.05, 0) is 6.07 Å². The first-order valence-electron chi connectivity index (χ1n) is 4.35. The van der Waals surface area contributed by atoms with E-state index in [4.69, 9.17) is 4.74 Å². The van der Waals surface area contributed by atoms with Gasteiger partial charge in [0.1, 0.15) is 5.75 Å². The van der Waals surface area contributed by atoms with Crippen molar-refractivity contribution in [3.05, 3.63) is 29.8 Å². The number of fused-ring (bicyclic) bond motifs is 1. The van der Waals surface area contributed by atoms with Crippen molar-refractivity contribution in [3.8, 4) is 5.75 Å². The molecule has 0 atom stereocenters. The van der Waals surface area contributed by atoms with Gasteiger partial charge in [-0.25, -0.2) is 4.79 Å². The quantitative estimate of drug-likeness (QED) is 0.628. The Hall–Kier alpha value is -1.71. The Labute approximate surface area is 82.0 Å². The molecule has 0 aliphatic carbocycles. The van der Waals surface area contributed by atoms with Gasteiger partial charge < -0.3 is 9.47 Å². The van der Waals surface area contributed by atoms with E-state index in [9.17, 15) is 4.79 Å². The van der Waals surface area contributed by atoms with Crippen molar-refractivity contribution in [3.63, 3.8) is 0 Å². The third-order valence-electron chi connectivity index (χ3n) is 2.14. The standard InChI is InChI=1S/C10H11NO3/c1-13-10(12)11-6-8-4-2-3-5-9(8)14-7-11/h2-5H,6-7H2,1H3. The monoisotopic (exact) mass is 193 g/mol. The molecule has 1 heterocycles. The molecule has 0 saturated heterocycles. The summed E-state index contributed by atoms with van der Waals surface area (Å²) in [6.45, 7) is 0.798. The van der Waals surface area contributed by atoms with E-state index in [2.05, 4.69) is 4.74 Å². The highest BCUT2D eigenvalue weighted by Gasteiger charge is 2.21. The van der Waals surface area contributed by atoms with E-state index < -0.39 is 0 Å². The van der Waals surface area contributed by atoms with Gasteiger partial charge in [0, 0.05) is 5.56 Å². The molecule has 0 N–H and O–H groups in total. The second kappa shape index (κ2) is 3.57. The van der Waals surface area contributed by atoms with Gasteiger partial charge >= 0.3 is 6.09 Å². The van der Waals surface area contributed by atoms with Gasteiger partial charge in [-0.1, -0.05) is 18.2 Å². The number of carbonyl (C=O) groups is 1. The molecule has 4 heteroatoms. The van der Waals surface area contributed by atoms with Crippen LogP contribution >= 0.6 is 0 Å². The Balaban J connectivity index is 2.17. The largest absolute Gasteiger partial charge is 0.473 e. The molecule has 1 aromatic rings. The smallest absolute Gasteiger partial charge is 0.412 e. The minimum absolute atomic E-state index is 0.254. The summed E-state index contributed by atoms with van der Waals surface area (Å²) in [4.78, 5) is 12.7. The molecule has 0 bridgehead atoms. The van der Waals surface area contributed by atoms with E-state index in [1.54, 1.807) is 0 Å². The van der Waals surface area contributed by atoms with Crippen LogP contribution < -0.4 is 4.74 Å². The molecule has 74 valence electrons. The molecule has 1 amide bonds. The van der Waals surface area contributed by atoms with Crippen LogP contribution in [0.2, 0.25) is 0 Å². The molecule has 4 nitrogen and oxygen atoms in total. The van der Waals surface area contributed by atoms with Crippen molar-refractivity contribution in [2.75, 3.05) is 13.8 Å². The van der Waals surface area contributed by atoms with Crippen LogP contribution in [-0.2, 0) is 11.3 Å². The van der Waals surface area contributed by atoms with Gasteiger partial charge in [-0.3, -0.25) is 4.90 Å². The lowest BCUT2D eigenvalue weighted by atomic mass is 10.2. The fourth-order valence-electron chi connectivity index (χ4n) is 1.42. The summed E-state index contributed by atoms with van der Waals surface area (Å²) < 4.78 is 10.00. The summed E-state index contributed by atoms with van der Waals surface area (Å²) in [6.07, 6.45) is -0.362. The van der Waals surface area contributed by atoms with Crippen LogP contribution in [0.5, 0.6) is 5.75 Å². The SMILES string of the molecule is COC(=O)N1COc2ccccc2C1. The highest BCUT2D eigenvalue weighted by molar-refractivity contribution is 5.67. The Bertz CT molecular complexity index is 351. The van der Waals surface area contributed by atoms with Crippen LogP contribution in [-0.4, -0.2) is 24.8 Å². The molecule has 14 heavy (non-hydrogen) atoms.